The summed E-state index contributed by atoms with van der Waals surface area (Å²) in [6.45, 7) is 3.95. The van der Waals surface area contributed by atoms with E-state index in [2.05, 4.69) is 66.8 Å². The van der Waals surface area contributed by atoms with E-state index in [4.69, 9.17) is 4.74 Å². The van der Waals surface area contributed by atoms with Crippen LogP contribution in [0.25, 0.3) is 0 Å². The third-order valence-electron chi connectivity index (χ3n) is 4.13. The summed E-state index contributed by atoms with van der Waals surface area (Å²) in [5.74, 6) is 0. The molecule has 1 aliphatic heterocycles. The number of hydrogen-bond acceptors (Lipinski definition) is 2. The van der Waals surface area contributed by atoms with Gasteiger partial charge in [-0.25, -0.2) is 0 Å². The van der Waals surface area contributed by atoms with E-state index in [0.29, 0.717) is 6.04 Å². The second-order valence-electron chi connectivity index (χ2n) is 5.81. The maximum absolute atomic E-state index is 5.94. The molecule has 0 aromatic heterocycles. The fraction of sp³-hybridized carbons (Fsp3) is 0.368. The highest BCUT2D eigenvalue weighted by molar-refractivity contribution is 5.31. The van der Waals surface area contributed by atoms with Crippen molar-refractivity contribution < 1.29 is 4.74 Å². The number of rotatable bonds is 5. The first-order chi connectivity index (χ1) is 10.3. The zero-order valence-electron chi connectivity index (χ0n) is 12.6. The smallest absolute Gasteiger partial charge is 0.0952 e. The van der Waals surface area contributed by atoms with Crippen LogP contribution in [0, 0.1) is 0 Å². The third-order valence-corrected chi connectivity index (χ3v) is 4.13. The second kappa shape index (κ2) is 6.88. The summed E-state index contributed by atoms with van der Waals surface area (Å²) in [6, 6.07) is 19.7. The summed E-state index contributed by atoms with van der Waals surface area (Å²) in [4.78, 5) is 0. The molecule has 3 rings (SSSR count). The molecule has 110 valence electrons. The number of ether oxygens (including phenoxy) is 1. The van der Waals surface area contributed by atoms with E-state index in [1.165, 1.54) is 16.7 Å². The lowest BCUT2D eigenvalue weighted by Crippen LogP contribution is -2.34. The van der Waals surface area contributed by atoms with Crippen LogP contribution in [-0.4, -0.2) is 19.2 Å². The van der Waals surface area contributed by atoms with Crippen LogP contribution in [-0.2, 0) is 17.6 Å². The van der Waals surface area contributed by atoms with Crippen molar-refractivity contribution in [1.29, 1.82) is 0 Å². The maximum Gasteiger partial charge on any atom is 0.0952 e. The van der Waals surface area contributed by atoms with Crippen LogP contribution < -0.4 is 5.32 Å². The molecule has 2 unspecified atom stereocenters. The molecule has 21 heavy (non-hydrogen) atoms. The minimum atomic E-state index is 0.188. The SMILES string of the molecule is CC(Cc1ccccc1)NCC1OCCc2ccccc21. The Balaban J connectivity index is 1.56. The first-order valence-corrected chi connectivity index (χ1v) is 7.79. The molecule has 0 fully saturated rings. The van der Waals surface area contributed by atoms with Crippen molar-refractivity contribution in [3.63, 3.8) is 0 Å². The fourth-order valence-corrected chi connectivity index (χ4v) is 2.99. The van der Waals surface area contributed by atoms with Crippen molar-refractivity contribution in [2.45, 2.75) is 31.9 Å². The summed E-state index contributed by atoms with van der Waals surface area (Å²) in [6.07, 6.45) is 2.27. The Hall–Kier alpha value is -1.64. The molecule has 0 bridgehead atoms. The number of fused-ring (bicyclic) bond motifs is 1. The molecule has 2 heteroatoms. The van der Waals surface area contributed by atoms with Gasteiger partial charge in [-0.2, -0.15) is 0 Å². The number of hydrogen-bond donors (Lipinski definition) is 1. The molecule has 1 N–H and O–H groups in total. The standard InChI is InChI=1S/C19H23NO/c1-15(13-16-7-3-2-4-8-16)20-14-19-18-10-6-5-9-17(18)11-12-21-19/h2-10,15,19-20H,11-14H2,1H3. The van der Waals surface area contributed by atoms with Crippen LogP contribution in [0.4, 0.5) is 0 Å². The fourth-order valence-electron chi connectivity index (χ4n) is 2.99. The highest BCUT2D eigenvalue weighted by Gasteiger charge is 2.20. The van der Waals surface area contributed by atoms with E-state index in [9.17, 15) is 0 Å². The van der Waals surface area contributed by atoms with Gasteiger partial charge >= 0.3 is 0 Å². The van der Waals surface area contributed by atoms with E-state index in [1.807, 2.05) is 0 Å². The van der Waals surface area contributed by atoms with Gasteiger partial charge in [0, 0.05) is 12.6 Å². The monoisotopic (exact) mass is 281 g/mol. The van der Waals surface area contributed by atoms with Crippen molar-refractivity contribution in [2.75, 3.05) is 13.2 Å². The Labute approximate surface area is 127 Å². The summed E-state index contributed by atoms with van der Waals surface area (Å²) >= 11 is 0. The summed E-state index contributed by atoms with van der Waals surface area (Å²) in [5, 5.41) is 3.62. The van der Waals surface area contributed by atoms with Gasteiger partial charge in [-0.15, -0.1) is 0 Å². The summed E-state index contributed by atoms with van der Waals surface area (Å²) in [5.41, 5.74) is 4.16. The Morgan fingerprint density at radius 1 is 1.10 bits per heavy atom. The van der Waals surface area contributed by atoms with E-state index in [-0.39, 0.29) is 6.10 Å². The Kier molecular flexibility index (Phi) is 4.69. The van der Waals surface area contributed by atoms with Gasteiger partial charge in [0.25, 0.3) is 0 Å². The Morgan fingerprint density at radius 3 is 2.71 bits per heavy atom. The highest BCUT2D eigenvalue weighted by atomic mass is 16.5. The van der Waals surface area contributed by atoms with E-state index >= 15 is 0 Å². The zero-order chi connectivity index (χ0) is 14.5. The molecule has 0 saturated carbocycles. The molecule has 2 nitrogen and oxygen atoms in total. The molecule has 0 spiro atoms. The molecule has 0 amide bonds. The lowest BCUT2D eigenvalue weighted by Gasteiger charge is -2.27. The molecule has 0 radical (unpaired) electrons. The average molecular weight is 281 g/mol. The van der Waals surface area contributed by atoms with Gasteiger partial charge in [-0.1, -0.05) is 54.6 Å². The molecule has 2 aromatic rings. The van der Waals surface area contributed by atoms with Gasteiger partial charge in [0.1, 0.15) is 0 Å². The zero-order valence-corrected chi connectivity index (χ0v) is 12.6. The number of nitrogens with one attached hydrogen (secondary N) is 1. The van der Waals surface area contributed by atoms with Crippen LogP contribution in [0.1, 0.15) is 29.7 Å². The normalized spacial score (nSPS) is 19.0. The van der Waals surface area contributed by atoms with Gasteiger partial charge in [0.05, 0.1) is 12.7 Å². The Morgan fingerprint density at radius 2 is 1.86 bits per heavy atom. The minimum absolute atomic E-state index is 0.188. The van der Waals surface area contributed by atoms with Gasteiger partial charge in [-0.05, 0) is 36.5 Å². The van der Waals surface area contributed by atoms with Gasteiger partial charge in [0.2, 0.25) is 0 Å². The van der Waals surface area contributed by atoms with Crippen LogP contribution in [0.5, 0.6) is 0 Å². The van der Waals surface area contributed by atoms with Gasteiger partial charge in [-0.3, -0.25) is 0 Å². The quantitative estimate of drug-likeness (QED) is 0.905. The molecule has 0 saturated heterocycles. The summed E-state index contributed by atoms with van der Waals surface area (Å²) in [7, 11) is 0. The molecule has 1 aliphatic rings. The van der Waals surface area contributed by atoms with Crippen molar-refractivity contribution in [3.05, 3.63) is 71.3 Å². The topological polar surface area (TPSA) is 21.3 Å². The van der Waals surface area contributed by atoms with Crippen molar-refractivity contribution in [3.8, 4) is 0 Å². The molecular weight excluding hydrogens is 258 g/mol. The molecule has 2 atom stereocenters. The maximum atomic E-state index is 5.94. The van der Waals surface area contributed by atoms with E-state index in [1.54, 1.807) is 0 Å². The largest absolute Gasteiger partial charge is 0.372 e. The van der Waals surface area contributed by atoms with Crippen molar-refractivity contribution >= 4 is 0 Å². The lowest BCUT2D eigenvalue weighted by molar-refractivity contribution is 0.0410. The lowest BCUT2D eigenvalue weighted by atomic mass is 9.97. The minimum Gasteiger partial charge on any atom is -0.372 e. The van der Waals surface area contributed by atoms with Crippen LogP contribution in [0.2, 0.25) is 0 Å². The molecule has 2 aromatic carbocycles. The second-order valence-corrected chi connectivity index (χ2v) is 5.81. The first kappa shape index (κ1) is 14.3. The van der Waals surface area contributed by atoms with Crippen molar-refractivity contribution in [1.82, 2.24) is 5.32 Å². The van der Waals surface area contributed by atoms with Crippen LogP contribution >= 0.6 is 0 Å². The van der Waals surface area contributed by atoms with Gasteiger partial charge in [0.15, 0.2) is 0 Å². The van der Waals surface area contributed by atoms with Crippen LogP contribution in [0.15, 0.2) is 54.6 Å². The average Bonchev–Trinajstić information content (AvgIpc) is 2.54. The molecule has 0 aliphatic carbocycles. The van der Waals surface area contributed by atoms with E-state index < -0.39 is 0 Å². The Bertz CT molecular complexity index is 567. The van der Waals surface area contributed by atoms with Gasteiger partial charge < -0.3 is 10.1 Å². The molecule has 1 heterocycles. The predicted molar refractivity (Wildman–Crippen MR) is 86.4 cm³/mol. The predicted octanol–water partition coefficient (Wildman–Crippen LogP) is 3.52. The van der Waals surface area contributed by atoms with E-state index in [0.717, 1.165) is 26.0 Å². The number of benzene rings is 2. The van der Waals surface area contributed by atoms with Crippen molar-refractivity contribution in [2.24, 2.45) is 0 Å². The summed E-state index contributed by atoms with van der Waals surface area (Å²) < 4.78 is 5.94. The molecular formula is C19H23NO. The third kappa shape index (κ3) is 3.72. The first-order valence-electron chi connectivity index (χ1n) is 7.79. The van der Waals surface area contributed by atoms with Crippen LogP contribution in [0.3, 0.4) is 0 Å². The highest BCUT2D eigenvalue weighted by Crippen LogP contribution is 2.26.